The fourth-order valence-corrected chi connectivity index (χ4v) is 3.57. The maximum absolute atomic E-state index is 12.1. The summed E-state index contributed by atoms with van der Waals surface area (Å²) in [6.07, 6.45) is 0. The van der Waals surface area contributed by atoms with Gasteiger partial charge in [0.05, 0.1) is 40.3 Å². The Balaban J connectivity index is 1.96. The maximum atomic E-state index is 12.1. The van der Waals surface area contributed by atoms with Crippen LogP contribution in [0.15, 0.2) is 24.3 Å². The number of ether oxygens (including phenoxy) is 1. The van der Waals surface area contributed by atoms with Crippen molar-refractivity contribution in [3.8, 4) is 0 Å². The van der Waals surface area contributed by atoms with Crippen LogP contribution in [0.1, 0.15) is 84.0 Å². The van der Waals surface area contributed by atoms with Gasteiger partial charge in [-0.05, 0) is 80.0 Å². The Labute approximate surface area is 181 Å². The lowest BCUT2D eigenvalue weighted by molar-refractivity contribution is 0.00578. The average molecular weight is 416 g/mol. The Bertz CT molecular complexity index is 719. The van der Waals surface area contributed by atoms with Crippen LogP contribution in [-0.2, 0) is 23.4 Å². The molecule has 0 N–H and O–H groups in total. The fraction of sp³-hybridized carbons (Fsp3) is 0.682. The highest BCUT2D eigenvalue weighted by Crippen LogP contribution is 2.46. The Morgan fingerprint density at radius 3 is 1.50 bits per heavy atom. The van der Waals surface area contributed by atoms with Gasteiger partial charge < -0.3 is 23.4 Å². The quantitative estimate of drug-likeness (QED) is 0.530. The SMILES string of the molecule is CCOC(=O)c1ccc(C(B2OC(C)(C)C(C)(C)O2)B2OC(C)(C)C(C)(C)O2)cc1. The minimum atomic E-state index is -0.557. The number of rotatable bonds is 5. The molecule has 0 amide bonds. The van der Waals surface area contributed by atoms with Gasteiger partial charge in [0.2, 0.25) is 0 Å². The van der Waals surface area contributed by atoms with Crippen molar-refractivity contribution in [2.24, 2.45) is 0 Å². The van der Waals surface area contributed by atoms with E-state index in [4.69, 9.17) is 23.4 Å². The minimum Gasteiger partial charge on any atom is -0.462 e. The molecule has 1 aromatic rings. The Morgan fingerprint density at radius 2 is 1.17 bits per heavy atom. The summed E-state index contributed by atoms with van der Waals surface area (Å²) in [5.41, 5.74) is -0.838. The van der Waals surface area contributed by atoms with Gasteiger partial charge in [0.1, 0.15) is 0 Å². The molecular weight excluding hydrogens is 382 g/mol. The molecule has 3 rings (SSSR count). The third-order valence-electron chi connectivity index (χ3n) is 6.94. The van der Waals surface area contributed by atoms with Crippen molar-refractivity contribution in [3.05, 3.63) is 35.4 Å². The van der Waals surface area contributed by atoms with E-state index in [-0.39, 0.29) is 11.7 Å². The highest BCUT2D eigenvalue weighted by atomic mass is 16.7. The normalized spacial score (nSPS) is 23.8. The molecule has 2 aliphatic heterocycles. The average Bonchev–Trinajstić information content (AvgIpc) is 2.95. The standard InChI is InChI=1S/C22H34B2O6/c1-10-26-18(25)16-13-11-15(12-14-16)17(23-27-19(2,3)20(4,5)28-23)24-29-21(6,7)22(8,9)30-24/h11-14,17H,10H2,1-9H3. The molecule has 30 heavy (non-hydrogen) atoms. The molecule has 1 aromatic carbocycles. The number of esters is 1. The molecule has 6 nitrogen and oxygen atoms in total. The molecule has 2 saturated heterocycles. The van der Waals surface area contributed by atoms with Crippen LogP contribution in [0.25, 0.3) is 0 Å². The van der Waals surface area contributed by atoms with Crippen LogP contribution in [0.4, 0.5) is 0 Å². The summed E-state index contributed by atoms with van der Waals surface area (Å²) in [4.78, 5) is 12.1. The van der Waals surface area contributed by atoms with E-state index in [0.29, 0.717) is 12.2 Å². The van der Waals surface area contributed by atoms with E-state index in [1.165, 1.54) is 0 Å². The van der Waals surface area contributed by atoms with Crippen LogP contribution < -0.4 is 0 Å². The van der Waals surface area contributed by atoms with Gasteiger partial charge in [0.25, 0.3) is 0 Å². The van der Waals surface area contributed by atoms with Gasteiger partial charge in [0, 0.05) is 0 Å². The first-order valence-corrected chi connectivity index (χ1v) is 10.7. The van der Waals surface area contributed by atoms with Crippen LogP contribution in [0.3, 0.4) is 0 Å². The highest BCUT2D eigenvalue weighted by Gasteiger charge is 2.62. The van der Waals surface area contributed by atoms with Crippen LogP contribution in [0.2, 0.25) is 0 Å². The van der Waals surface area contributed by atoms with E-state index in [1.807, 2.05) is 67.5 Å². The number of carbonyl (C=O) groups is 1. The van der Waals surface area contributed by atoms with Gasteiger partial charge in [0.15, 0.2) is 0 Å². The topological polar surface area (TPSA) is 63.2 Å². The highest BCUT2D eigenvalue weighted by molar-refractivity contribution is 6.68. The Kier molecular flexibility index (Phi) is 5.96. The van der Waals surface area contributed by atoms with Gasteiger partial charge in [-0.25, -0.2) is 4.79 Å². The van der Waals surface area contributed by atoms with E-state index in [2.05, 4.69) is 0 Å². The molecule has 0 saturated carbocycles. The zero-order valence-corrected chi connectivity index (χ0v) is 19.7. The van der Waals surface area contributed by atoms with Gasteiger partial charge in [-0.3, -0.25) is 0 Å². The van der Waals surface area contributed by atoms with Crippen molar-refractivity contribution in [2.45, 2.75) is 90.4 Å². The van der Waals surface area contributed by atoms with Crippen LogP contribution >= 0.6 is 0 Å². The van der Waals surface area contributed by atoms with Crippen molar-refractivity contribution < 1.29 is 28.1 Å². The van der Waals surface area contributed by atoms with E-state index >= 15 is 0 Å². The molecule has 0 aromatic heterocycles. The zero-order valence-electron chi connectivity index (χ0n) is 19.7. The minimum absolute atomic E-state index is 0.330. The summed E-state index contributed by atoms with van der Waals surface area (Å²) in [6, 6.07) is 7.31. The molecule has 164 valence electrons. The first-order chi connectivity index (χ1) is 13.7. The van der Waals surface area contributed by atoms with Crippen molar-refractivity contribution in [1.29, 1.82) is 0 Å². The van der Waals surface area contributed by atoms with Crippen molar-refractivity contribution in [1.82, 2.24) is 0 Å². The summed E-state index contributed by atoms with van der Waals surface area (Å²) in [5, 5.41) is 0. The lowest BCUT2D eigenvalue weighted by atomic mass is 9.49. The molecule has 0 bridgehead atoms. The number of hydrogen-bond donors (Lipinski definition) is 0. The molecule has 0 unspecified atom stereocenters. The van der Waals surface area contributed by atoms with Gasteiger partial charge >= 0.3 is 20.2 Å². The number of hydrogen-bond acceptors (Lipinski definition) is 6. The first kappa shape index (κ1) is 23.3. The monoisotopic (exact) mass is 416 g/mol. The Morgan fingerprint density at radius 1 is 0.800 bits per heavy atom. The molecule has 8 heteroatoms. The first-order valence-electron chi connectivity index (χ1n) is 10.7. The van der Waals surface area contributed by atoms with Crippen molar-refractivity contribution >= 4 is 20.2 Å². The van der Waals surface area contributed by atoms with Gasteiger partial charge in [-0.1, -0.05) is 12.1 Å². The largest absolute Gasteiger partial charge is 0.463 e. The second-order valence-electron chi connectivity index (χ2n) is 10.1. The van der Waals surface area contributed by atoms with Crippen molar-refractivity contribution in [2.75, 3.05) is 6.61 Å². The Hall–Kier alpha value is -1.34. The third kappa shape index (κ3) is 4.07. The smallest absolute Gasteiger partial charge is 0.462 e. The molecule has 2 aliphatic rings. The molecule has 0 atom stereocenters. The van der Waals surface area contributed by atoms with Gasteiger partial charge in [-0.2, -0.15) is 0 Å². The van der Waals surface area contributed by atoms with Crippen LogP contribution in [0, 0.1) is 0 Å². The summed E-state index contributed by atoms with van der Waals surface area (Å²) in [7, 11) is -1.11. The molecular formula is C22H34B2O6. The second kappa shape index (κ2) is 7.66. The summed E-state index contributed by atoms with van der Waals surface area (Å²) < 4.78 is 30.6. The summed E-state index contributed by atoms with van der Waals surface area (Å²) in [6.45, 7) is 18.3. The zero-order chi connectivity index (χ0) is 22.5. The predicted molar refractivity (Wildman–Crippen MR) is 117 cm³/mol. The fourth-order valence-electron chi connectivity index (χ4n) is 3.57. The molecule has 0 aliphatic carbocycles. The second-order valence-corrected chi connectivity index (χ2v) is 10.1. The summed E-state index contributed by atoms with van der Waals surface area (Å²) >= 11 is 0. The van der Waals surface area contributed by atoms with E-state index in [0.717, 1.165) is 5.56 Å². The van der Waals surface area contributed by atoms with Crippen molar-refractivity contribution in [3.63, 3.8) is 0 Å². The summed E-state index contributed by atoms with van der Waals surface area (Å²) in [5.74, 6) is -0.341. The number of benzene rings is 1. The predicted octanol–water partition coefficient (Wildman–Crippen LogP) is 4.21. The van der Waals surface area contributed by atoms with Crippen LogP contribution in [-0.4, -0.2) is 49.2 Å². The molecule has 0 spiro atoms. The number of carbonyl (C=O) groups excluding carboxylic acids is 1. The lowest BCUT2D eigenvalue weighted by Gasteiger charge is -2.32. The lowest BCUT2D eigenvalue weighted by Crippen LogP contribution is -2.41. The molecule has 0 radical (unpaired) electrons. The van der Waals surface area contributed by atoms with Crippen LogP contribution in [0.5, 0.6) is 0 Å². The van der Waals surface area contributed by atoms with E-state index in [9.17, 15) is 4.79 Å². The molecule has 2 fully saturated rings. The maximum Gasteiger partial charge on any atom is 0.463 e. The van der Waals surface area contributed by atoms with E-state index in [1.54, 1.807) is 19.1 Å². The third-order valence-corrected chi connectivity index (χ3v) is 6.94. The van der Waals surface area contributed by atoms with E-state index < -0.39 is 36.6 Å². The molecule has 2 heterocycles. The van der Waals surface area contributed by atoms with Gasteiger partial charge in [-0.15, -0.1) is 0 Å².